The smallest absolute Gasteiger partial charge is 0.338 e. The van der Waals surface area contributed by atoms with Crippen LogP contribution in [0.1, 0.15) is 28.8 Å². The molecule has 1 aliphatic heterocycles. The van der Waals surface area contributed by atoms with Crippen LogP contribution in [0.4, 0.5) is 0 Å². The number of rotatable bonds is 7. The van der Waals surface area contributed by atoms with E-state index in [0.29, 0.717) is 18.7 Å². The number of methoxy groups -OCH3 is 2. The first kappa shape index (κ1) is 22.9. The van der Waals surface area contributed by atoms with Gasteiger partial charge in [-0.1, -0.05) is 6.07 Å². The number of carbonyl (C=O) groups is 1. The summed E-state index contributed by atoms with van der Waals surface area (Å²) in [6.45, 7) is 4.07. The Balaban J connectivity index is 0.00000338. The van der Waals surface area contributed by atoms with Crippen molar-refractivity contribution in [2.45, 2.75) is 24.7 Å². The molecule has 0 spiro atoms. The van der Waals surface area contributed by atoms with Crippen LogP contribution in [-0.4, -0.2) is 54.8 Å². The number of esters is 1. The lowest BCUT2D eigenvalue weighted by Gasteiger charge is -2.37. The molecule has 0 unspecified atom stereocenters. The zero-order valence-corrected chi connectivity index (χ0v) is 17.0. The Hall–Kier alpha value is -1.19. The monoisotopic (exact) mass is 406 g/mol. The number of piperidine rings is 1. The van der Waals surface area contributed by atoms with Crippen molar-refractivity contribution in [3.8, 4) is 0 Å². The zero-order valence-electron chi connectivity index (χ0n) is 15.3. The van der Waals surface area contributed by atoms with E-state index in [1.807, 2.05) is 0 Å². The van der Waals surface area contributed by atoms with Gasteiger partial charge in [-0.3, -0.25) is 0 Å². The molecular formula is C17H27ClN2O5S. The maximum absolute atomic E-state index is 12.8. The van der Waals surface area contributed by atoms with E-state index in [1.54, 1.807) is 26.2 Å². The Labute approximate surface area is 161 Å². The predicted octanol–water partition coefficient (Wildman–Crippen LogP) is 1.50. The van der Waals surface area contributed by atoms with Gasteiger partial charge in [-0.05, 0) is 50.6 Å². The van der Waals surface area contributed by atoms with E-state index in [4.69, 9.17) is 9.47 Å². The van der Waals surface area contributed by atoms with Crippen LogP contribution in [-0.2, 0) is 19.5 Å². The Morgan fingerprint density at radius 3 is 2.50 bits per heavy atom. The molecule has 1 saturated heterocycles. The van der Waals surface area contributed by atoms with Gasteiger partial charge < -0.3 is 14.8 Å². The van der Waals surface area contributed by atoms with Crippen LogP contribution >= 0.6 is 12.4 Å². The van der Waals surface area contributed by atoms with E-state index in [0.717, 1.165) is 25.9 Å². The highest BCUT2D eigenvalue weighted by Crippen LogP contribution is 2.29. The standard InChI is InChI=1S/C17H26N2O5S.ClH/c1-13-14(16(20)24-3)5-4-6-15(13)25(21,22)19-11-17(12-23-2)7-9-18-10-8-17;/h4-6,18-19H,7-12H2,1-3H3;1H. The molecule has 1 fully saturated rings. The van der Waals surface area contributed by atoms with Crippen LogP contribution in [0.5, 0.6) is 0 Å². The minimum atomic E-state index is -3.74. The average Bonchev–Trinajstić information content (AvgIpc) is 2.61. The molecule has 7 nitrogen and oxygen atoms in total. The van der Waals surface area contributed by atoms with Crippen molar-refractivity contribution in [3.63, 3.8) is 0 Å². The van der Waals surface area contributed by atoms with E-state index < -0.39 is 16.0 Å². The van der Waals surface area contributed by atoms with Crippen molar-refractivity contribution in [2.75, 3.05) is 40.5 Å². The lowest BCUT2D eigenvalue weighted by molar-refractivity contribution is 0.0577. The number of benzene rings is 1. The number of ether oxygens (including phenoxy) is 2. The van der Waals surface area contributed by atoms with E-state index in [2.05, 4.69) is 10.0 Å². The van der Waals surface area contributed by atoms with Crippen molar-refractivity contribution >= 4 is 28.4 Å². The molecule has 0 aromatic heterocycles. The highest BCUT2D eigenvalue weighted by atomic mass is 35.5. The zero-order chi connectivity index (χ0) is 18.5. The first-order valence-electron chi connectivity index (χ1n) is 8.22. The topological polar surface area (TPSA) is 93.7 Å². The molecule has 1 heterocycles. The molecule has 0 radical (unpaired) electrons. The summed E-state index contributed by atoms with van der Waals surface area (Å²) in [6.07, 6.45) is 1.68. The molecule has 2 rings (SSSR count). The molecule has 1 aromatic carbocycles. The molecule has 26 heavy (non-hydrogen) atoms. The summed E-state index contributed by atoms with van der Waals surface area (Å²) in [5.41, 5.74) is 0.410. The van der Waals surface area contributed by atoms with Crippen molar-refractivity contribution in [3.05, 3.63) is 29.3 Å². The van der Waals surface area contributed by atoms with Crippen LogP contribution in [0.25, 0.3) is 0 Å². The number of nitrogens with one attached hydrogen (secondary N) is 2. The molecule has 0 atom stereocenters. The third-order valence-corrected chi connectivity index (χ3v) is 6.28. The van der Waals surface area contributed by atoms with Crippen molar-refractivity contribution in [2.24, 2.45) is 5.41 Å². The number of carbonyl (C=O) groups excluding carboxylic acids is 1. The molecule has 1 aromatic rings. The van der Waals surface area contributed by atoms with Gasteiger partial charge >= 0.3 is 5.97 Å². The molecule has 9 heteroatoms. The van der Waals surface area contributed by atoms with Crippen molar-refractivity contribution < 1.29 is 22.7 Å². The average molecular weight is 407 g/mol. The van der Waals surface area contributed by atoms with Crippen LogP contribution in [0.15, 0.2) is 23.1 Å². The van der Waals surface area contributed by atoms with Crippen LogP contribution in [0.2, 0.25) is 0 Å². The van der Waals surface area contributed by atoms with Gasteiger partial charge in [-0.2, -0.15) is 0 Å². The maximum atomic E-state index is 12.8. The second kappa shape index (κ2) is 9.66. The van der Waals surface area contributed by atoms with Gasteiger partial charge in [0.2, 0.25) is 10.0 Å². The molecule has 0 bridgehead atoms. The fourth-order valence-corrected chi connectivity index (χ4v) is 4.62. The Bertz CT molecular complexity index is 712. The van der Waals surface area contributed by atoms with E-state index in [-0.39, 0.29) is 28.3 Å². The summed E-state index contributed by atoms with van der Waals surface area (Å²) in [5, 5.41) is 3.28. The van der Waals surface area contributed by atoms with Crippen LogP contribution < -0.4 is 10.0 Å². The third kappa shape index (κ3) is 5.17. The molecule has 148 valence electrons. The van der Waals surface area contributed by atoms with Gasteiger partial charge in [0.25, 0.3) is 0 Å². The SMILES string of the molecule is COCC1(CNS(=O)(=O)c2cccc(C(=O)OC)c2C)CCNCC1.Cl. The van der Waals surface area contributed by atoms with Gasteiger partial charge in [-0.25, -0.2) is 17.9 Å². The first-order chi connectivity index (χ1) is 11.9. The molecular weight excluding hydrogens is 380 g/mol. The predicted molar refractivity (Wildman–Crippen MR) is 101 cm³/mol. The van der Waals surface area contributed by atoms with E-state index >= 15 is 0 Å². The molecule has 1 aliphatic rings. The quantitative estimate of drug-likeness (QED) is 0.666. The third-order valence-electron chi connectivity index (χ3n) is 4.73. The second-order valence-corrected chi connectivity index (χ2v) is 8.16. The maximum Gasteiger partial charge on any atom is 0.338 e. The van der Waals surface area contributed by atoms with Gasteiger partial charge in [-0.15, -0.1) is 12.4 Å². The summed E-state index contributed by atoms with van der Waals surface area (Å²) in [6, 6.07) is 4.60. The minimum Gasteiger partial charge on any atom is -0.465 e. The molecule has 0 amide bonds. The van der Waals surface area contributed by atoms with Crippen molar-refractivity contribution in [1.29, 1.82) is 0 Å². The normalized spacial score (nSPS) is 16.6. The number of hydrogen-bond acceptors (Lipinski definition) is 6. The molecule has 2 N–H and O–H groups in total. The van der Waals surface area contributed by atoms with Gasteiger partial charge in [0.1, 0.15) is 0 Å². The summed E-state index contributed by atoms with van der Waals surface area (Å²) < 4.78 is 38.3. The van der Waals surface area contributed by atoms with Crippen LogP contribution in [0.3, 0.4) is 0 Å². The van der Waals surface area contributed by atoms with Gasteiger partial charge in [0.15, 0.2) is 0 Å². The Kier molecular flexibility index (Phi) is 8.49. The van der Waals surface area contributed by atoms with Gasteiger partial charge in [0, 0.05) is 19.1 Å². The number of hydrogen-bond donors (Lipinski definition) is 2. The van der Waals surface area contributed by atoms with E-state index in [9.17, 15) is 13.2 Å². The first-order valence-corrected chi connectivity index (χ1v) is 9.71. The fourth-order valence-electron chi connectivity index (χ4n) is 3.20. The Morgan fingerprint density at radius 2 is 1.92 bits per heavy atom. The fraction of sp³-hybridized carbons (Fsp3) is 0.588. The second-order valence-electron chi connectivity index (χ2n) is 6.43. The number of halogens is 1. The Morgan fingerprint density at radius 1 is 1.27 bits per heavy atom. The lowest BCUT2D eigenvalue weighted by atomic mass is 9.80. The van der Waals surface area contributed by atoms with Crippen LogP contribution in [0, 0.1) is 12.3 Å². The minimum absolute atomic E-state index is 0. The van der Waals surface area contributed by atoms with Crippen molar-refractivity contribution in [1.82, 2.24) is 10.0 Å². The molecule has 0 aliphatic carbocycles. The highest BCUT2D eigenvalue weighted by molar-refractivity contribution is 7.89. The highest BCUT2D eigenvalue weighted by Gasteiger charge is 2.34. The summed E-state index contributed by atoms with van der Waals surface area (Å²) in [7, 11) is -0.847. The summed E-state index contributed by atoms with van der Waals surface area (Å²) >= 11 is 0. The van der Waals surface area contributed by atoms with E-state index in [1.165, 1.54) is 13.2 Å². The number of sulfonamides is 1. The summed E-state index contributed by atoms with van der Waals surface area (Å²) in [4.78, 5) is 11.9. The van der Waals surface area contributed by atoms with Gasteiger partial charge in [0.05, 0.1) is 24.2 Å². The lowest BCUT2D eigenvalue weighted by Crippen LogP contribution is -2.47. The summed E-state index contributed by atoms with van der Waals surface area (Å²) in [5.74, 6) is -0.552. The largest absolute Gasteiger partial charge is 0.465 e. The molecule has 0 saturated carbocycles.